The fourth-order valence-electron chi connectivity index (χ4n) is 4.43. The zero-order chi connectivity index (χ0) is 29.1. The van der Waals surface area contributed by atoms with Crippen molar-refractivity contribution < 1.29 is 22.7 Å². The number of hydrogen-bond donors (Lipinski definition) is 1. The minimum atomic E-state index is -3.62. The Balaban J connectivity index is 1.87. The summed E-state index contributed by atoms with van der Waals surface area (Å²) >= 11 is 6.45. The summed E-state index contributed by atoms with van der Waals surface area (Å²) in [6.07, 6.45) is 1.73. The highest BCUT2D eigenvalue weighted by Gasteiger charge is 2.30. The summed E-state index contributed by atoms with van der Waals surface area (Å²) in [6.45, 7) is 2.47. The highest BCUT2D eigenvalue weighted by molar-refractivity contribution is 7.92. The van der Waals surface area contributed by atoms with Gasteiger partial charge in [0.05, 0.1) is 19.1 Å². The number of halogens is 1. The van der Waals surface area contributed by atoms with E-state index in [1.165, 1.54) is 11.4 Å². The molecule has 8 nitrogen and oxygen atoms in total. The van der Waals surface area contributed by atoms with Gasteiger partial charge in [-0.25, -0.2) is 8.42 Å². The van der Waals surface area contributed by atoms with Gasteiger partial charge in [-0.15, -0.1) is 0 Å². The standard InChI is InChI=1S/C30H36ClN3O5S/c1-4-32-30(36)28(20-23-12-6-5-7-13-23)33(22-24-14-8-9-17-27(24)31)29(35)18-11-19-34(40(3,37)38)25-15-10-16-26(21-25)39-2/h5-10,12-17,21,28H,4,11,18-20,22H2,1-3H3,(H,32,36). The van der Waals surface area contributed by atoms with E-state index in [2.05, 4.69) is 5.32 Å². The highest BCUT2D eigenvalue weighted by atomic mass is 35.5. The fraction of sp³-hybridized carbons (Fsp3) is 0.333. The summed E-state index contributed by atoms with van der Waals surface area (Å²) in [5.74, 6) is -0.00840. The van der Waals surface area contributed by atoms with E-state index in [0.29, 0.717) is 35.0 Å². The predicted octanol–water partition coefficient (Wildman–Crippen LogP) is 4.67. The average Bonchev–Trinajstić information content (AvgIpc) is 2.93. The molecule has 214 valence electrons. The monoisotopic (exact) mass is 585 g/mol. The summed E-state index contributed by atoms with van der Waals surface area (Å²) in [7, 11) is -2.11. The number of methoxy groups -OCH3 is 1. The Morgan fingerprint density at radius 2 is 1.70 bits per heavy atom. The van der Waals surface area contributed by atoms with Gasteiger partial charge in [0, 0.05) is 43.6 Å². The fourth-order valence-corrected chi connectivity index (χ4v) is 5.58. The van der Waals surface area contributed by atoms with Crippen LogP contribution in [-0.4, -0.2) is 57.6 Å². The van der Waals surface area contributed by atoms with Crippen LogP contribution in [0.1, 0.15) is 30.9 Å². The largest absolute Gasteiger partial charge is 0.497 e. The number of benzene rings is 3. The number of nitrogens with zero attached hydrogens (tertiary/aromatic N) is 2. The number of carbonyl (C=O) groups excluding carboxylic acids is 2. The molecule has 2 amide bonds. The molecule has 3 aromatic carbocycles. The van der Waals surface area contributed by atoms with Gasteiger partial charge >= 0.3 is 0 Å². The van der Waals surface area contributed by atoms with Crippen LogP contribution in [-0.2, 0) is 32.6 Å². The van der Waals surface area contributed by atoms with E-state index in [4.69, 9.17) is 16.3 Å². The Bertz CT molecular complexity index is 1380. The van der Waals surface area contributed by atoms with E-state index in [0.717, 1.165) is 11.8 Å². The van der Waals surface area contributed by atoms with Gasteiger partial charge in [-0.3, -0.25) is 13.9 Å². The van der Waals surface area contributed by atoms with E-state index < -0.39 is 16.1 Å². The molecule has 1 unspecified atom stereocenters. The van der Waals surface area contributed by atoms with Crippen molar-refractivity contribution >= 4 is 39.1 Å². The summed E-state index contributed by atoms with van der Waals surface area (Å²) in [5.41, 5.74) is 2.08. The average molecular weight is 586 g/mol. The number of nitrogens with one attached hydrogen (secondary N) is 1. The van der Waals surface area contributed by atoms with Gasteiger partial charge in [0.15, 0.2) is 0 Å². The number of likely N-dealkylation sites (N-methyl/N-ethyl adjacent to an activating group) is 1. The van der Waals surface area contributed by atoms with Crippen molar-refractivity contribution in [2.75, 3.05) is 30.8 Å². The smallest absolute Gasteiger partial charge is 0.243 e. The minimum absolute atomic E-state index is 0.0329. The topological polar surface area (TPSA) is 96.0 Å². The first-order chi connectivity index (χ1) is 19.1. The Morgan fingerprint density at radius 1 is 1.00 bits per heavy atom. The zero-order valence-electron chi connectivity index (χ0n) is 23.0. The third-order valence-electron chi connectivity index (χ3n) is 6.41. The first-order valence-corrected chi connectivity index (χ1v) is 15.3. The summed E-state index contributed by atoms with van der Waals surface area (Å²) in [4.78, 5) is 28.6. The van der Waals surface area contributed by atoms with Crippen LogP contribution in [0.4, 0.5) is 5.69 Å². The summed E-state index contributed by atoms with van der Waals surface area (Å²) in [6, 6.07) is 22.7. The third-order valence-corrected chi connectivity index (χ3v) is 7.98. The summed E-state index contributed by atoms with van der Waals surface area (Å²) in [5, 5.41) is 3.36. The number of ether oxygens (including phenoxy) is 1. The Labute approximate surface area is 241 Å². The Morgan fingerprint density at radius 3 is 2.35 bits per heavy atom. The number of sulfonamides is 1. The van der Waals surface area contributed by atoms with E-state index in [9.17, 15) is 18.0 Å². The van der Waals surface area contributed by atoms with Crippen molar-refractivity contribution in [3.63, 3.8) is 0 Å². The van der Waals surface area contributed by atoms with Gasteiger partial charge in [-0.2, -0.15) is 0 Å². The van der Waals surface area contributed by atoms with Crippen molar-refractivity contribution in [2.24, 2.45) is 0 Å². The summed E-state index contributed by atoms with van der Waals surface area (Å²) < 4.78 is 31.7. The van der Waals surface area contributed by atoms with Gasteiger partial charge in [-0.1, -0.05) is 66.2 Å². The molecule has 0 radical (unpaired) electrons. The van der Waals surface area contributed by atoms with Gasteiger partial charge in [-0.05, 0) is 42.7 Å². The molecule has 0 aliphatic carbocycles. The minimum Gasteiger partial charge on any atom is -0.497 e. The molecule has 0 aliphatic heterocycles. The van der Waals surface area contributed by atoms with Crippen LogP contribution >= 0.6 is 11.6 Å². The van der Waals surface area contributed by atoms with E-state index in [1.54, 1.807) is 35.2 Å². The van der Waals surface area contributed by atoms with Crippen LogP contribution < -0.4 is 14.4 Å². The van der Waals surface area contributed by atoms with Crippen LogP contribution in [0.2, 0.25) is 5.02 Å². The maximum atomic E-state index is 13.8. The molecule has 10 heteroatoms. The van der Waals surface area contributed by atoms with Crippen molar-refractivity contribution in [3.8, 4) is 5.75 Å². The van der Waals surface area contributed by atoms with Gasteiger partial charge in [0.2, 0.25) is 21.8 Å². The molecule has 0 heterocycles. The van der Waals surface area contributed by atoms with Crippen LogP contribution in [0.25, 0.3) is 0 Å². The predicted molar refractivity (Wildman–Crippen MR) is 159 cm³/mol. The van der Waals surface area contributed by atoms with Crippen molar-refractivity contribution in [2.45, 2.75) is 38.8 Å². The first-order valence-electron chi connectivity index (χ1n) is 13.1. The lowest BCUT2D eigenvalue weighted by molar-refractivity contribution is -0.141. The second kappa shape index (κ2) is 14.7. The van der Waals surface area contributed by atoms with Crippen LogP contribution in [0.5, 0.6) is 5.75 Å². The Hall–Kier alpha value is -3.56. The lowest BCUT2D eigenvalue weighted by Gasteiger charge is -2.32. The van der Waals surface area contributed by atoms with Crippen LogP contribution in [0, 0.1) is 0 Å². The quantitative estimate of drug-likeness (QED) is 0.297. The molecule has 40 heavy (non-hydrogen) atoms. The van der Waals surface area contributed by atoms with Crippen molar-refractivity contribution in [3.05, 3.63) is 95.0 Å². The SMILES string of the molecule is CCNC(=O)C(Cc1ccccc1)N(Cc1ccccc1Cl)C(=O)CCCN(c1cccc(OC)c1)S(C)(=O)=O. The molecule has 0 saturated carbocycles. The van der Waals surface area contributed by atoms with E-state index >= 15 is 0 Å². The second-order valence-electron chi connectivity index (χ2n) is 9.35. The molecule has 3 aromatic rings. The lowest BCUT2D eigenvalue weighted by Crippen LogP contribution is -2.50. The molecule has 0 bridgehead atoms. The normalized spacial score (nSPS) is 11.9. The maximum absolute atomic E-state index is 13.8. The number of hydrogen-bond acceptors (Lipinski definition) is 5. The van der Waals surface area contributed by atoms with E-state index in [-0.39, 0.29) is 37.7 Å². The second-order valence-corrected chi connectivity index (χ2v) is 11.7. The van der Waals surface area contributed by atoms with Gasteiger partial charge in [0.1, 0.15) is 11.8 Å². The molecule has 0 aliphatic rings. The van der Waals surface area contributed by atoms with E-state index in [1.807, 2.05) is 55.5 Å². The number of carbonyl (C=O) groups is 2. The Kier molecular flexibility index (Phi) is 11.4. The molecular weight excluding hydrogens is 550 g/mol. The van der Waals surface area contributed by atoms with Gasteiger partial charge in [0.25, 0.3) is 0 Å². The number of amides is 2. The van der Waals surface area contributed by atoms with Crippen LogP contribution in [0.15, 0.2) is 78.9 Å². The molecule has 0 spiro atoms. The van der Waals surface area contributed by atoms with Crippen molar-refractivity contribution in [1.29, 1.82) is 0 Å². The van der Waals surface area contributed by atoms with Crippen molar-refractivity contribution in [1.82, 2.24) is 10.2 Å². The molecule has 0 saturated heterocycles. The lowest BCUT2D eigenvalue weighted by atomic mass is 10.0. The molecule has 0 fully saturated rings. The molecule has 0 aromatic heterocycles. The number of anilines is 1. The zero-order valence-corrected chi connectivity index (χ0v) is 24.6. The molecule has 3 rings (SSSR count). The highest BCUT2D eigenvalue weighted by Crippen LogP contribution is 2.25. The molecular formula is C30H36ClN3O5S. The third kappa shape index (κ3) is 8.72. The molecule has 1 N–H and O–H groups in total. The van der Waals surface area contributed by atoms with Crippen LogP contribution in [0.3, 0.4) is 0 Å². The number of rotatable bonds is 14. The molecule has 1 atom stereocenters. The first kappa shape index (κ1) is 31.0. The van der Waals surface area contributed by atoms with Gasteiger partial charge < -0.3 is 15.0 Å². The maximum Gasteiger partial charge on any atom is 0.243 e.